The summed E-state index contributed by atoms with van der Waals surface area (Å²) in [7, 11) is 0. The lowest BCUT2D eigenvalue weighted by molar-refractivity contribution is -0.130. The van der Waals surface area contributed by atoms with Crippen molar-refractivity contribution in [3.63, 3.8) is 0 Å². The zero-order chi connectivity index (χ0) is 23.9. The average Bonchev–Trinajstić information content (AvgIpc) is 3.38. The number of carbonyl (C=O) groups is 2. The molecule has 1 saturated carbocycles. The maximum Gasteiger partial charge on any atom is 0.255 e. The summed E-state index contributed by atoms with van der Waals surface area (Å²) in [5, 5.41) is 3.07. The van der Waals surface area contributed by atoms with Crippen LogP contribution in [-0.4, -0.2) is 64.2 Å². The number of carbonyl (C=O) groups excluding carboxylic acids is 2. The van der Waals surface area contributed by atoms with Gasteiger partial charge in [0.15, 0.2) is 11.5 Å². The Morgan fingerprint density at radius 2 is 2.11 bits per heavy atom. The van der Waals surface area contributed by atoms with E-state index in [1.165, 1.54) is 19.2 Å². The Balaban J connectivity index is 1.33. The molecule has 2 aliphatic heterocycles. The van der Waals surface area contributed by atoms with E-state index in [2.05, 4.69) is 20.3 Å². The number of hydrogen-bond acceptors (Lipinski definition) is 7. The molecular formula is C25H27N5O5. The van der Waals surface area contributed by atoms with Crippen molar-refractivity contribution >= 4 is 22.8 Å². The number of likely N-dealkylation sites (tertiary alicyclic amines) is 1. The lowest BCUT2D eigenvalue weighted by atomic mass is 10.0. The molecule has 0 unspecified atom stereocenters. The molecule has 35 heavy (non-hydrogen) atoms. The van der Waals surface area contributed by atoms with Gasteiger partial charge in [-0.05, 0) is 43.7 Å². The maximum atomic E-state index is 13.2. The number of benzene rings is 1. The molecule has 1 aliphatic carbocycles. The number of aromatic nitrogens is 3. The number of nitrogens with zero attached hydrogens (tertiary/aromatic N) is 3. The zero-order valence-electron chi connectivity index (χ0n) is 19.5. The molecule has 1 saturated heterocycles. The molecule has 0 spiro atoms. The molecule has 3 aliphatic rings. The fraction of sp³-hybridized carbons (Fsp3) is 0.440. The predicted molar refractivity (Wildman–Crippen MR) is 126 cm³/mol. The van der Waals surface area contributed by atoms with Gasteiger partial charge < -0.3 is 29.4 Å². The third kappa shape index (κ3) is 4.13. The topological polar surface area (TPSA) is 119 Å². The van der Waals surface area contributed by atoms with Crippen molar-refractivity contribution in [2.24, 2.45) is 5.92 Å². The molecule has 4 heterocycles. The van der Waals surface area contributed by atoms with Gasteiger partial charge in [0.2, 0.25) is 12.7 Å². The molecule has 2 N–H and O–H groups in total. The van der Waals surface area contributed by atoms with E-state index in [0.717, 1.165) is 19.4 Å². The minimum atomic E-state index is -0.237. The van der Waals surface area contributed by atoms with E-state index in [-0.39, 0.29) is 24.6 Å². The molecule has 6 rings (SSSR count). The van der Waals surface area contributed by atoms with Crippen LogP contribution < -0.4 is 19.5 Å². The summed E-state index contributed by atoms with van der Waals surface area (Å²) in [5.41, 5.74) is 2.82. The van der Waals surface area contributed by atoms with Gasteiger partial charge in [-0.1, -0.05) is 0 Å². The SMILES string of the molecule is CC(=O)N1CCC[C@H](NC(=O)c2c[nH]c3c(-c4c(OCC5CC5)ccc5c4OCO5)ncnc23)C1. The third-order valence-electron chi connectivity index (χ3n) is 6.82. The Kier molecular flexibility index (Phi) is 5.43. The van der Waals surface area contributed by atoms with Gasteiger partial charge in [0.1, 0.15) is 23.3 Å². The van der Waals surface area contributed by atoms with Crippen LogP contribution in [0.15, 0.2) is 24.7 Å². The molecule has 3 aromatic rings. The molecular weight excluding hydrogens is 450 g/mol. The van der Waals surface area contributed by atoms with Crippen LogP contribution in [0.25, 0.3) is 22.3 Å². The lowest BCUT2D eigenvalue weighted by Gasteiger charge is -2.32. The van der Waals surface area contributed by atoms with Crippen molar-refractivity contribution in [3.05, 3.63) is 30.2 Å². The summed E-state index contributed by atoms with van der Waals surface area (Å²) in [6.07, 6.45) is 7.13. The van der Waals surface area contributed by atoms with Crippen LogP contribution in [0.2, 0.25) is 0 Å². The van der Waals surface area contributed by atoms with Crippen LogP contribution in [0.4, 0.5) is 0 Å². The Morgan fingerprint density at radius 1 is 1.23 bits per heavy atom. The number of rotatable bonds is 6. The number of fused-ring (bicyclic) bond motifs is 2. The van der Waals surface area contributed by atoms with Gasteiger partial charge in [0.05, 0.1) is 23.3 Å². The van der Waals surface area contributed by atoms with Crippen LogP contribution in [-0.2, 0) is 4.79 Å². The predicted octanol–water partition coefficient (Wildman–Crippen LogP) is 2.88. The minimum absolute atomic E-state index is 0.0229. The molecule has 1 atom stereocenters. The second kappa shape index (κ2) is 8.75. The summed E-state index contributed by atoms with van der Waals surface area (Å²) >= 11 is 0. The van der Waals surface area contributed by atoms with Gasteiger partial charge >= 0.3 is 0 Å². The molecule has 1 aromatic carbocycles. The fourth-order valence-corrected chi connectivity index (χ4v) is 4.74. The first-order chi connectivity index (χ1) is 17.1. The zero-order valence-corrected chi connectivity index (χ0v) is 19.5. The Hall–Kier alpha value is -3.82. The van der Waals surface area contributed by atoms with E-state index >= 15 is 0 Å². The highest BCUT2D eigenvalue weighted by molar-refractivity contribution is 6.08. The largest absolute Gasteiger partial charge is 0.492 e. The fourth-order valence-electron chi connectivity index (χ4n) is 4.74. The van der Waals surface area contributed by atoms with Crippen LogP contribution in [0.5, 0.6) is 17.2 Å². The Labute approximate surface area is 202 Å². The van der Waals surface area contributed by atoms with Crippen molar-refractivity contribution in [1.29, 1.82) is 0 Å². The van der Waals surface area contributed by atoms with Crippen molar-refractivity contribution in [3.8, 4) is 28.5 Å². The van der Waals surface area contributed by atoms with E-state index < -0.39 is 0 Å². The molecule has 0 radical (unpaired) electrons. The van der Waals surface area contributed by atoms with E-state index in [1.54, 1.807) is 18.0 Å². The first-order valence-electron chi connectivity index (χ1n) is 12.0. The highest BCUT2D eigenvalue weighted by Crippen LogP contribution is 2.48. The normalized spacial score (nSPS) is 19.1. The van der Waals surface area contributed by atoms with Crippen molar-refractivity contribution in [2.75, 3.05) is 26.5 Å². The number of H-pyrrole nitrogens is 1. The number of ether oxygens (including phenoxy) is 3. The van der Waals surface area contributed by atoms with Crippen LogP contribution in [0.3, 0.4) is 0 Å². The highest BCUT2D eigenvalue weighted by atomic mass is 16.7. The average molecular weight is 478 g/mol. The van der Waals surface area contributed by atoms with Crippen LogP contribution in [0.1, 0.15) is 43.0 Å². The first-order valence-corrected chi connectivity index (χ1v) is 12.0. The standard InChI is InChI=1S/C25H27N5O5/c1-14(31)30-8-2-3-16(10-30)29-25(32)17-9-26-23-21(17)27-12-28-22(23)20-18(33-11-15-4-5-15)6-7-19-24(20)35-13-34-19/h6-7,9,12,15-16,26H,2-5,8,10-11,13H2,1H3,(H,29,32)/t16-/m0/s1. The summed E-state index contributed by atoms with van der Waals surface area (Å²) in [6, 6.07) is 3.62. The summed E-state index contributed by atoms with van der Waals surface area (Å²) < 4.78 is 17.5. The number of piperidine rings is 1. The maximum absolute atomic E-state index is 13.2. The third-order valence-corrected chi connectivity index (χ3v) is 6.82. The number of hydrogen-bond donors (Lipinski definition) is 2. The number of amides is 2. The van der Waals surface area contributed by atoms with Crippen molar-refractivity contribution in [1.82, 2.24) is 25.2 Å². The lowest BCUT2D eigenvalue weighted by Crippen LogP contribution is -2.49. The van der Waals surface area contributed by atoms with E-state index in [9.17, 15) is 9.59 Å². The summed E-state index contributed by atoms with van der Waals surface area (Å²) in [4.78, 5) is 38.9. The van der Waals surface area contributed by atoms with Crippen LogP contribution in [0, 0.1) is 5.92 Å². The molecule has 10 heteroatoms. The van der Waals surface area contributed by atoms with Gasteiger partial charge in [-0.3, -0.25) is 9.59 Å². The van der Waals surface area contributed by atoms with Crippen LogP contribution >= 0.6 is 0 Å². The Bertz CT molecular complexity index is 1300. The van der Waals surface area contributed by atoms with E-state index in [4.69, 9.17) is 14.2 Å². The molecule has 2 aromatic heterocycles. The van der Waals surface area contributed by atoms with E-state index in [0.29, 0.717) is 64.2 Å². The summed E-state index contributed by atoms with van der Waals surface area (Å²) in [5.74, 6) is 2.23. The highest BCUT2D eigenvalue weighted by Gasteiger charge is 2.30. The second-order valence-corrected chi connectivity index (χ2v) is 9.35. The van der Waals surface area contributed by atoms with Gasteiger partial charge in [0.25, 0.3) is 5.91 Å². The molecule has 10 nitrogen and oxygen atoms in total. The van der Waals surface area contributed by atoms with Gasteiger partial charge in [-0.25, -0.2) is 9.97 Å². The first kappa shape index (κ1) is 21.7. The number of aromatic amines is 1. The summed E-state index contributed by atoms with van der Waals surface area (Å²) in [6.45, 7) is 3.56. The van der Waals surface area contributed by atoms with Crippen molar-refractivity contribution in [2.45, 2.75) is 38.6 Å². The molecule has 2 amide bonds. The van der Waals surface area contributed by atoms with Gasteiger partial charge in [-0.2, -0.15) is 0 Å². The smallest absolute Gasteiger partial charge is 0.255 e. The Morgan fingerprint density at radius 3 is 2.94 bits per heavy atom. The number of nitrogens with one attached hydrogen (secondary N) is 2. The quantitative estimate of drug-likeness (QED) is 0.560. The van der Waals surface area contributed by atoms with Crippen molar-refractivity contribution < 1.29 is 23.8 Å². The van der Waals surface area contributed by atoms with Gasteiger partial charge in [-0.15, -0.1) is 0 Å². The molecule has 182 valence electrons. The monoisotopic (exact) mass is 477 g/mol. The van der Waals surface area contributed by atoms with Gasteiger partial charge in [0, 0.05) is 32.3 Å². The van der Waals surface area contributed by atoms with E-state index in [1.807, 2.05) is 12.1 Å². The second-order valence-electron chi connectivity index (χ2n) is 9.35. The molecule has 0 bridgehead atoms. The molecule has 2 fully saturated rings. The minimum Gasteiger partial charge on any atom is -0.492 e.